The first-order valence-corrected chi connectivity index (χ1v) is 6.83. The smallest absolute Gasteiger partial charge is 0.0771 e. The summed E-state index contributed by atoms with van der Waals surface area (Å²) in [6, 6.07) is 0.408. The fourth-order valence-electron chi connectivity index (χ4n) is 2.67. The van der Waals surface area contributed by atoms with E-state index in [4.69, 9.17) is 9.47 Å². The second-order valence-corrected chi connectivity index (χ2v) is 5.20. The monoisotopic (exact) mass is 251 g/mol. The molecule has 5 heteroatoms. The van der Waals surface area contributed by atoms with Gasteiger partial charge in [0.15, 0.2) is 0 Å². The van der Waals surface area contributed by atoms with Gasteiger partial charge in [-0.1, -0.05) is 0 Å². The van der Waals surface area contributed by atoms with E-state index in [1.54, 1.807) is 0 Å². The van der Waals surface area contributed by atoms with Crippen LogP contribution in [0, 0.1) is 0 Å². The molecule has 0 amide bonds. The average Bonchev–Trinajstić information content (AvgIpc) is 3.06. The SMILES string of the molecule is CC1OCCC1Nc1cnn(CC2CCCO2)c1. The Hall–Kier alpha value is -1.07. The van der Waals surface area contributed by atoms with Gasteiger partial charge in [-0.25, -0.2) is 0 Å². The van der Waals surface area contributed by atoms with Crippen LogP contribution in [0.5, 0.6) is 0 Å². The summed E-state index contributed by atoms with van der Waals surface area (Å²) in [6.07, 6.45) is 7.97. The number of ether oxygens (including phenoxy) is 2. The van der Waals surface area contributed by atoms with Gasteiger partial charge in [0.1, 0.15) is 0 Å². The molecule has 2 fully saturated rings. The maximum atomic E-state index is 5.62. The van der Waals surface area contributed by atoms with Gasteiger partial charge in [-0.2, -0.15) is 5.10 Å². The second-order valence-electron chi connectivity index (χ2n) is 5.20. The summed E-state index contributed by atoms with van der Waals surface area (Å²) in [7, 11) is 0. The van der Waals surface area contributed by atoms with E-state index >= 15 is 0 Å². The lowest BCUT2D eigenvalue weighted by Gasteiger charge is -2.15. The number of aromatic nitrogens is 2. The molecule has 3 unspecified atom stereocenters. The Morgan fingerprint density at radius 2 is 2.33 bits per heavy atom. The minimum Gasteiger partial charge on any atom is -0.377 e. The Bertz CT molecular complexity index is 387. The lowest BCUT2D eigenvalue weighted by atomic mass is 10.1. The molecule has 0 saturated carbocycles. The van der Waals surface area contributed by atoms with Crippen molar-refractivity contribution in [1.82, 2.24) is 9.78 Å². The van der Waals surface area contributed by atoms with Crippen molar-refractivity contribution in [2.45, 2.75) is 51.0 Å². The maximum Gasteiger partial charge on any atom is 0.0771 e. The van der Waals surface area contributed by atoms with Gasteiger partial charge < -0.3 is 14.8 Å². The molecule has 2 aliphatic rings. The zero-order chi connectivity index (χ0) is 12.4. The highest BCUT2D eigenvalue weighted by Crippen LogP contribution is 2.19. The highest BCUT2D eigenvalue weighted by Gasteiger charge is 2.24. The van der Waals surface area contributed by atoms with Crippen molar-refractivity contribution < 1.29 is 9.47 Å². The molecule has 100 valence electrons. The zero-order valence-corrected chi connectivity index (χ0v) is 10.8. The molecule has 3 heterocycles. The zero-order valence-electron chi connectivity index (χ0n) is 10.8. The van der Waals surface area contributed by atoms with Crippen LogP contribution in [0.2, 0.25) is 0 Å². The van der Waals surface area contributed by atoms with Crippen molar-refractivity contribution in [2.75, 3.05) is 18.5 Å². The van der Waals surface area contributed by atoms with Gasteiger partial charge in [0, 0.05) is 19.4 Å². The summed E-state index contributed by atoms with van der Waals surface area (Å²) in [6.45, 7) is 4.72. The molecule has 5 nitrogen and oxygen atoms in total. The predicted octanol–water partition coefficient (Wildman–Crippen LogP) is 1.65. The molecule has 1 N–H and O–H groups in total. The summed E-state index contributed by atoms with van der Waals surface area (Å²) >= 11 is 0. The molecule has 0 aromatic carbocycles. The largest absolute Gasteiger partial charge is 0.377 e. The lowest BCUT2D eigenvalue weighted by molar-refractivity contribution is 0.0940. The van der Waals surface area contributed by atoms with E-state index in [0.717, 1.165) is 38.3 Å². The molecule has 3 atom stereocenters. The Morgan fingerprint density at radius 1 is 1.39 bits per heavy atom. The van der Waals surface area contributed by atoms with Crippen molar-refractivity contribution in [3.8, 4) is 0 Å². The Kier molecular flexibility index (Phi) is 3.52. The molecule has 1 aromatic rings. The van der Waals surface area contributed by atoms with Crippen LogP contribution in [-0.2, 0) is 16.0 Å². The van der Waals surface area contributed by atoms with Gasteiger partial charge >= 0.3 is 0 Å². The quantitative estimate of drug-likeness (QED) is 0.884. The van der Waals surface area contributed by atoms with Gasteiger partial charge in [-0.3, -0.25) is 4.68 Å². The van der Waals surface area contributed by atoms with Crippen LogP contribution in [0.25, 0.3) is 0 Å². The van der Waals surface area contributed by atoms with Crippen LogP contribution >= 0.6 is 0 Å². The highest BCUT2D eigenvalue weighted by atomic mass is 16.5. The molecule has 2 aliphatic heterocycles. The number of anilines is 1. The number of nitrogens with one attached hydrogen (secondary N) is 1. The van der Waals surface area contributed by atoms with E-state index in [1.807, 2.05) is 10.9 Å². The summed E-state index contributed by atoms with van der Waals surface area (Å²) in [5.74, 6) is 0. The van der Waals surface area contributed by atoms with E-state index in [-0.39, 0.29) is 6.10 Å². The van der Waals surface area contributed by atoms with Crippen molar-refractivity contribution in [1.29, 1.82) is 0 Å². The first kappa shape index (κ1) is 12.0. The third kappa shape index (κ3) is 2.67. The van der Waals surface area contributed by atoms with Gasteiger partial charge in [-0.15, -0.1) is 0 Å². The fourth-order valence-corrected chi connectivity index (χ4v) is 2.67. The Morgan fingerprint density at radius 3 is 3.06 bits per heavy atom. The van der Waals surface area contributed by atoms with Gasteiger partial charge in [0.25, 0.3) is 0 Å². The summed E-state index contributed by atoms with van der Waals surface area (Å²) in [4.78, 5) is 0. The van der Waals surface area contributed by atoms with E-state index in [2.05, 4.69) is 23.5 Å². The fraction of sp³-hybridized carbons (Fsp3) is 0.769. The van der Waals surface area contributed by atoms with Gasteiger partial charge in [0.2, 0.25) is 0 Å². The minimum absolute atomic E-state index is 0.284. The molecular weight excluding hydrogens is 230 g/mol. The van der Waals surface area contributed by atoms with Crippen molar-refractivity contribution in [3.63, 3.8) is 0 Å². The van der Waals surface area contributed by atoms with Crippen molar-refractivity contribution in [3.05, 3.63) is 12.4 Å². The Labute approximate surface area is 107 Å². The van der Waals surface area contributed by atoms with E-state index in [0.29, 0.717) is 12.1 Å². The van der Waals surface area contributed by atoms with Crippen molar-refractivity contribution in [2.24, 2.45) is 0 Å². The number of nitrogens with zero attached hydrogens (tertiary/aromatic N) is 2. The number of hydrogen-bond acceptors (Lipinski definition) is 4. The lowest BCUT2D eigenvalue weighted by Crippen LogP contribution is -2.26. The average molecular weight is 251 g/mol. The van der Waals surface area contributed by atoms with E-state index in [1.165, 1.54) is 6.42 Å². The molecule has 0 spiro atoms. The van der Waals surface area contributed by atoms with Crippen LogP contribution in [-0.4, -0.2) is 41.2 Å². The van der Waals surface area contributed by atoms with Crippen LogP contribution in [0.1, 0.15) is 26.2 Å². The molecule has 0 bridgehead atoms. The third-order valence-corrected chi connectivity index (χ3v) is 3.78. The Balaban J connectivity index is 1.55. The number of hydrogen-bond donors (Lipinski definition) is 1. The molecule has 1 aromatic heterocycles. The van der Waals surface area contributed by atoms with Crippen LogP contribution in [0.3, 0.4) is 0 Å². The molecular formula is C13H21N3O2. The maximum absolute atomic E-state index is 5.62. The topological polar surface area (TPSA) is 48.3 Å². The minimum atomic E-state index is 0.284. The molecule has 3 rings (SSSR count). The molecule has 0 radical (unpaired) electrons. The van der Waals surface area contributed by atoms with Gasteiger partial charge in [-0.05, 0) is 26.2 Å². The molecule has 0 aliphatic carbocycles. The summed E-state index contributed by atoms with van der Waals surface area (Å²) in [5, 5.41) is 7.87. The van der Waals surface area contributed by atoms with Crippen LogP contribution < -0.4 is 5.32 Å². The molecule has 18 heavy (non-hydrogen) atoms. The van der Waals surface area contributed by atoms with Crippen LogP contribution in [0.4, 0.5) is 5.69 Å². The number of rotatable bonds is 4. The second kappa shape index (κ2) is 5.28. The first-order valence-electron chi connectivity index (χ1n) is 6.83. The normalized spacial score (nSPS) is 31.9. The predicted molar refractivity (Wildman–Crippen MR) is 68.6 cm³/mol. The van der Waals surface area contributed by atoms with E-state index < -0.39 is 0 Å². The van der Waals surface area contributed by atoms with Gasteiger partial charge in [0.05, 0.1) is 36.7 Å². The van der Waals surface area contributed by atoms with E-state index in [9.17, 15) is 0 Å². The van der Waals surface area contributed by atoms with Crippen LogP contribution in [0.15, 0.2) is 12.4 Å². The third-order valence-electron chi connectivity index (χ3n) is 3.78. The first-order chi connectivity index (χ1) is 8.81. The highest BCUT2D eigenvalue weighted by molar-refractivity contribution is 5.39. The standard InChI is InChI=1S/C13H21N3O2/c1-10-13(4-6-17-10)15-11-7-14-16(8-11)9-12-3-2-5-18-12/h7-8,10,12-13,15H,2-6,9H2,1H3. The summed E-state index contributed by atoms with van der Waals surface area (Å²) in [5.41, 5.74) is 1.08. The summed E-state index contributed by atoms with van der Waals surface area (Å²) < 4.78 is 13.1. The molecule has 2 saturated heterocycles. The van der Waals surface area contributed by atoms with Crippen molar-refractivity contribution >= 4 is 5.69 Å².